The smallest absolute Gasteiger partial charge is 0.262 e. The number of carbonyl (C=O) groups excluding carboxylic acids is 5. The quantitative estimate of drug-likeness (QED) is 0.604. The molecule has 106 valence electrons. The van der Waals surface area contributed by atoms with Crippen LogP contribution in [0.2, 0.25) is 0 Å². The Morgan fingerprint density at radius 3 is 2.48 bits per heavy atom. The first-order valence-electron chi connectivity index (χ1n) is 6.33. The first-order valence-corrected chi connectivity index (χ1v) is 6.33. The lowest BCUT2D eigenvalue weighted by molar-refractivity contribution is -0.136. The number of benzene rings is 1. The summed E-state index contributed by atoms with van der Waals surface area (Å²) >= 11 is 0. The molecule has 0 radical (unpaired) electrons. The second kappa shape index (κ2) is 4.62. The van der Waals surface area contributed by atoms with Crippen molar-refractivity contribution in [2.24, 2.45) is 0 Å². The van der Waals surface area contributed by atoms with Gasteiger partial charge in [-0.05, 0) is 18.6 Å². The van der Waals surface area contributed by atoms with Crippen molar-refractivity contribution in [3.05, 3.63) is 34.9 Å². The van der Waals surface area contributed by atoms with Crippen LogP contribution in [0.4, 0.5) is 0 Å². The van der Waals surface area contributed by atoms with Gasteiger partial charge in [0.25, 0.3) is 11.8 Å². The normalized spacial score (nSPS) is 21.3. The van der Waals surface area contributed by atoms with Crippen LogP contribution in [0, 0.1) is 0 Å². The molecular formula is C14H10N2O5. The fraction of sp³-hybridized carbons (Fsp3) is 0.214. The lowest BCUT2D eigenvalue weighted by Gasteiger charge is -2.27. The largest absolute Gasteiger partial charge is 0.298 e. The van der Waals surface area contributed by atoms with Crippen LogP contribution in [0.3, 0.4) is 0 Å². The van der Waals surface area contributed by atoms with Crippen LogP contribution in [0.5, 0.6) is 0 Å². The molecule has 1 atom stereocenters. The zero-order chi connectivity index (χ0) is 15.1. The minimum absolute atomic E-state index is 0.0728. The van der Waals surface area contributed by atoms with E-state index in [9.17, 15) is 24.0 Å². The third-order valence-corrected chi connectivity index (χ3v) is 3.60. The summed E-state index contributed by atoms with van der Waals surface area (Å²) in [5.41, 5.74) is 0.546. The topological polar surface area (TPSA) is 101 Å². The van der Waals surface area contributed by atoms with Gasteiger partial charge in [-0.3, -0.25) is 34.2 Å². The Kier molecular flexibility index (Phi) is 2.90. The Morgan fingerprint density at radius 1 is 1.10 bits per heavy atom. The molecule has 0 saturated carbocycles. The number of rotatable bonds is 2. The van der Waals surface area contributed by atoms with E-state index in [1.807, 2.05) is 0 Å². The number of imide groups is 2. The van der Waals surface area contributed by atoms with Gasteiger partial charge in [-0.15, -0.1) is 0 Å². The van der Waals surface area contributed by atoms with Crippen molar-refractivity contribution in [3.63, 3.8) is 0 Å². The van der Waals surface area contributed by atoms with Crippen LogP contribution in [0.25, 0.3) is 0 Å². The predicted molar refractivity (Wildman–Crippen MR) is 68.5 cm³/mol. The van der Waals surface area contributed by atoms with Gasteiger partial charge in [0.15, 0.2) is 0 Å². The molecule has 7 nitrogen and oxygen atoms in total. The second-order valence-corrected chi connectivity index (χ2v) is 4.87. The monoisotopic (exact) mass is 286 g/mol. The molecule has 0 bridgehead atoms. The lowest BCUT2D eigenvalue weighted by atomic mass is 10.0. The minimum atomic E-state index is -0.991. The van der Waals surface area contributed by atoms with Crippen molar-refractivity contribution in [3.8, 4) is 0 Å². The fourth-order valence-corrected chi connectivity index (χ4v) is 2.56. The number of aldehydes is 1. The van der Waals surface area contributed by atoms with Gasteiger partial charge in [0, 0.05) is 12.0 Å². The number of nitrogens with one attached hydrogen (secondary N) is 1. The summed E-state index contributed by atoms with van der Waals surface area (Å²) in [6, 6.07) is 3.17. The van der Waals surface area contributed by atoms with Gasteiger partial charge in [0.05, 0.1) is 11.1 Å². The Balaban J connectivity index is 1.98. The summed E-state index contributed by atoms with van der Waals surface area (Å²) < 4.78 is 0. The Morgan fingerprint density at radius 2 is 1.81 bits per heavy atom. The molecule has 7 heteroatoms. The zero-order valence-electron chi connectivity index (χ0n) is 10.8. The molecule has 1 fully saturated rings. The van der Waals surface area contributed by atoms with E-state index in [1.54, 1.807) is 0 Å². The summed E-state index contributed by atoms with van der Waals surface area (Å²) in [5, 5.41) is 2.12. The van der Waals surface area contributed by atoms with E-state index in [1.165, 1.54) is 18.2 Å². The van der Waals surface area contributed by atoms with Crippen molar-refractivity contribution < 1.29 is 24.0 Å². The number of fused-ring (bicyclic) bond motifs is 1. The fourth-order valence-electron chi connectivity index (χ4n) is 2.56. The number of piperidine rings is 1. The third-order valence-electron chi connectivity index (χ3n) is 3.60. The summed E-state index contributed by atoms with van der Waals surface area (Å²) in [7, 11) is 0. The molecule has 21 heavy (non-hydrogen) atoms. The number of hydrogen-bond acceptors (Lipinski definition) is 5. The third kappa shape index (κ3) is 1.94. The molecule has 2 aliphatic rings. The molecule has 4 amide bonds. The van der Waals surface area contributed by atoms with Gasteiger partial charge < -0.3 is 0 Å². The van der Waals surface area contributed by atoms with Crippen molar-refractivity contribution in [1.29, 1.82) is 0 Å². The summed E-state index contributed by atoms with van der Waals surface area (Å²) in [5.74, 6) is -2.28. The highest BCUT2D eigenvalue weighted by atomic mass is 16.2. The maximum atomic E-state index is 12.3. The average molecular weight is 286 g/mol. The van der Waals surface area contributed by atoms with Gasteiger partial charge in [0.1, 0.15) is 12.3 Å². The summed E-state index contributed by atoms with van der Waals surface area (Å²) in [6.45, 7) is 0. The molecule has 0 aromatic heterocycles. The molecular weight excluding hydrogens is 276 g/mol. The second-order valence-electron chi connectivity index (χ2n) is 4.87. The maximum absolute atomic E-state index is 12.3. The van der Waals surface area contributed by atoms with Crippen molar-refractivity contribution >= 4 is 29.9 Å². The highest BCUT2D eigenvalue weighted by Gasteiger charge is 2.44. The summed E-state index contributed by atoms with van der Waals surface area (Å²) in [4.78, 5) is 59.2. The van der Waals surface area contributed by atoms with E-state index in [4.69, 9.17) is 0 Å². The van der Waals surface area contributed by atoms with E-state index < -0.39 is 29.7 Å². The van der Waals surface area contributed by atoms with Gasteiger partial charge in [-0.2, -0.15) is 0 Å². The van der Waals surface area contributed by atoms with Crippen LogP contribution in [0.1, 0.15) is 43.9 Å². The van der Waals surface area contributed by atoms with E-state index in [0.717, 1.165) is 4.90 Å². The molecule has 1 unspecified atom stereocenters. The molecule has 0 aliphatic carbocycles. The molecule has 3 rings (SSSR count). The SMILES string of the molecule is O=Cc1ccc2c(c1)C(=O)N(C1CCC(=O)NC1=O)C2=O. The highest BCUT2D eigenvalue weighted by molar-refractivity contribution is 6.23. The van der Waals surface area contributed by atoms with Crippen molar-refractivity contribution in [2.75, 3.05) is 0 Å². The minimum Gasteiger partial charge on any atom is -0.298 e. The number of hydrogen-bond donors (Lipinski definition) is 1. The summed E-state index contributed by atoms with van der Waals surface area (Å²) in [6.07, 6.45) is 0.757. The predicted octanol–water partition coefficient (Wildman–Crippen LogP) is -0.0997. The van der Waals surface area contributed by atoms with Crippen LogP contribution in [-0.2, 0) is 9.59 Å². The first kappa shape index (κ1) is 13.2. The zero-order valence-corrected chi connectivity index (χ0v) is 10.8. The number of carbonyl (C=O) groups is 5. The van der Waals surface area contributed by atoms with E-state index >= 15 is 0 Å². The molecule has 1 saturated heterocycles. The van der Waals surface area contributed by atoms with Crippen LogP contribution in [0.15, 0.2) is 18.2 Å². The number of amides is 4. The molecule has 0 spiro atoms. The van der Waals surface area contributed by atoms with E-state index in [0.29, 0.717) is 6.29 Å². The molecule has 1 aromatic carbocycles. The van der Waals surface area contributed by atoms with Crippen LogP contribution >= 0.6 is 0 Å². The molecule has 1 aromatic rings. The van der Waals surface area contributed by atoms with E-state index in [-0.39, 0.29) is 29.5 Å². The molecule has 2 heterocycles. The maximum Gasteiger partial charge on any atom is 0.262 e. The van der Waals surface area contributed by atoms with Gasteiger partial charge in [-0.1, -0.05) is 6.07 Å². The number of nitrogens with zero attached hydrogens (tertiary/aromatic N) is 1. The highest BCUT2D eigenvalue weighted by Crippen LogP contribution is 2.27. The van der Waals surface area contributed by atoms with Gasteiger partial charge in [0.2, 0.25) is 11.8 Å². The molecule has 2 aliphatic heterocycles. The van der Waals surface area contributed by atoms with Crippen LogP contribution < -0.4 is 5.32 Å². The Bertz CT molecular complexity index is 709. The van der Waals surface area contributed by atoms with Gasteiger partial charge >= 0.3 is 0 Å². The lowest BCUT2D eigenvalue weighted by Crippen LogP contribution is -2.54. The average Bonchev–Trinajstić information content (AvgIpc) is 2.71. The first-order chi connectivity index (χ1) is 10.0. The van der Waals surface area contributed by atoms with Crippen molar-refractivity contribution in [1.82, 2.24) is 10.2 Å². The molecule has 1 N–H and O–H groups in total. The van der Waals surface area contributed by atoms with Gasteiger partial charge in [-0.25, -0.2) is 0 Å². The van der Waals surface area contributed by atoms with Crippen molar-refractivity contribution in [2.45, 2.75) is 18.9 Å². The van der Waals surface area contributed by atoms with Crippen LogP contribution in [-0.4, -0.2) is 40.9 Å². The van der Waals surface area contributed by atoms with E-state index in [2.05, 4.69) is 5.32 Å². The Hall–Kier alpha value is -2.83. The Labute approximate surface area is 118 Å². The standard InChI is InChI=1S/C14H10N2O5/c17-6-7-1-2-8-9(5-7)14(21)16(13(8)20)10-3-4-11(18)15-12(10)19/h1-2,5-6,10H,3-4H2,(H,15,18,19).